The first-order valence-corrected chi connectivity index (χ1v) is 7.20. The Bertz CT molecular complexity index is 277. The standard InChI is InChI=1S/C11H22.C6H6O/c1-3-5-7-9-11-10-8-6-4-2;7-6-4-2-1-3-5-6/h7,9H,3-6,8,10-11H2,1-2H3;1-5,7H. The van der Waals surface area contributed by atoms with Gasteiger partial charge in [-0.3, -0.25) is 0 Å². The van der Waals surface area contributed by atoms with Gasteiger partial charge >= 0.3 is 0 Å². The summed E-state index contributed by atoms with van der Waals surface area (Å²) in [6.07, 6.45) is 14.0. The summed E-state index contributed by atoms with van der Waals surface area (Å²) in [6.45, 7) is 4.48. The van der Waals surface area contributed by atoms with Crippen LogP contribution in [-0.4, -0.2) is 5.11 Å². The van der Waals surface area contributed by atoms with Crippen LogP contribution in [0.4, 0.5) is 0 Å². The molecule has 1 rings (SSSR count). The van der Waals surface area contributed by atoms with E-state index in [0.717, 1.165) is 0 Å². The average molecular weight is 248 g/mol. The van der Waals surface area contributed by atoms with Crippen molar-refractivity contribution in [2.45, 2.75) is 58.8 Å². The zero-order valence-electron chi connectivity index (χ0n) is 11.9. The number of aromatic hydroxyl groups is 1. The Labute approximate surface area is 113 Å². The highest BCUT2D eigenvalue weighted by molar-refractivity contribution is 5.18. The minimum absolute atomic E-state index is 0.322. The SMILES string of the molecule is CCCC=CCCCCCC.Oc1ccccc1. The molecule has 1 heteroatoms. The van der Waals surface area contributed by atoms with Crippen LogP contribution in [-0.2, 0) is 0 Å². The van der Waals surface area contributed by atoms with Gasteiger partial charge in [0.05, 0.1) is 0 Å². The number of phenolic OH excluding ortho intramolecular Hbond substituents is 1. The van der Waals surface area contributed by atoms with Gasteiger partial charge in [0.1, 0.15) is 5.75 Å². The highest BCUT2D eigenvalue weighted by atomic mass is 16.3. The van der Waals surface area contributed by atoms with Gasteiger partial charge in [-0.15, -0.1) is 0 Å². The molecule has 0 radical (unpaired) electrons. The molecule has 1 aromatic carbocycles. The molecule has 0 aliphatic rings. The van der Waals surface area contributed by atoms with Gasteiger partial charge in [0, 0.05) is 0 Å². The van der Waals surface area contributed by atoms with Crippen molar-refractivity contribution >= 4 is 0 Å². The van der Waals surface area contributed by atoms with Crippen LogP contribution in [0.2, 0.25) is 0 Å². The van der Waals surface area contributed by atoms with Crippen LogP contribution in [0.1, 0.15) is 58.8 Å². The Morgan fingerprint density at radius 1 is 0.833 bits per heavy atom. The van der Waals surface area contributed by atoms with Crippen molar-refractivity contribution in [2.75, 3.05) is 0 Å². The first-order valence-electron chi connectivity index (χ1n) is 7.20. The number of unbranched alkanes of at least 4 members (excludes halogenated alkanes) is 5. The predicted molar refractivity (Wildman–Crippen MR) is 80.9 cm³/mol. The van der Waals surface area contributed by atoms with Crippen molar-refractivity contribution in [1.82, 2.24) is 0 Å². The fraction of sp³-hybridized carbons (Fsp3) is 0.529. The van der Waals surface area contributed by atoms with Gasteiger partial charge in [-0.05, 0) is 31.4 Å². The van der Waals surface area contributed by atoms with Gasteiger partial charge in [-0.25, -0.2) is 0 Å². The zero-order valence-corrected chi connectivity index (χ0v) is 11.9. The fourth-order valence-corrected chi connectivity index (χ4v) is 1.52. The quantitative estimate of drug-likeness (QED) is 0.484. The lowest BCUT2D eigenvalue weighted by molar-refractivity contribution is 0.475. The molecule has 0 heterocycles. The average Bonchev–Trinajstić information content (AvgIpc) is 2.39. The first kappa shape index (κ1) is 16.8. The Hall–Kier alpha value is -1.24. The monoisotopic (exact) mass is 248 g/mol. The van der Waals surface area contributed by atoms with E-state index in [1.807, 2.05) is 6.07 Å². The number of phenols is 1. The molecular formula is C17H28O. The number of benzene rings is 1. The zero-order chi connectivity index (χ0) is 13.5. The third-order valence-corrected chi connectivity index (χ3v) is 2.60. The Morgan fingerprint density at radius 3 is 2.00 bits per heavy atom. The molecule has 18 heavy (non-hydrogen) atoms. The predicted octanol–water partition coefficient (Wildman–Crippen LogP) is 5.71. The Kier molecular flexibility index (Phi) is 12.9. The van der Waals surface area contributed by atoms with E-state index in [-0.39, 0.29) is 0 Å². The molecule has 0 saturated carbocycles. The van der Waals surface area contributed by atoms with Crippen molar-refractivity contribution < 1.29 is 5.11 Å². The number of hydrogen-bond donors (Lipinski definition) is 1. The smallest absolute Gasteiger partial charge is 0.115 e. The summed E-state index contributed by atoms with van der Waals surface area (Å²) in [4.78, 5) is 0. The molecule has 0 amide bonds. The lowest BCUT2D eigenvalue weighted by Crippen LogP contribution is -1.73. The van der Waals surface area contributed by atoms with E-state index < -0.39 is 0 Å². The lowest BCUT2D eigenvalue weighted by atomic mass is 10.1. The second kappa shape index (κ2) is 13.8. The van der Waals surface area contributed by atoms with Crippen LogP contribution in [0.5, 0.6) is 5.75 Å². The molecule has 1 nitrogen and oxygen atoms in total. The topological polar surface area (TPSA) is 20.2 Å². The maximum atomic E-state index is 8.63. The number of allylic oxidation sites excluding steroid dienone is 2. The fourth-order valence-electron chi connectivity index (χ4n) is 1.52. The molecule has 0 atom stereocenters. The van der Waals surface area contributed by atoms with Gasteiger partial charge < -0.3 is 5.11 Å². The van der Waals surface area contributed by atoms with Crippen molar-refractivity contribution in [3.05, 3.63) is 42.5 Å². The van der Waals surface area contributed by atoms with Crippen LogP contribution in [0.25, 0.3) is 0 Å². The molecule has 0 fully saturated rings. The van der Waals surface area contributed by atoms with Crippen molar-refractivity contribution in [2.24, 2.45) is 0 Å². The van der Waals surface area contributed by atoms with Crippen LogP contribution < -0.4 is 0 Å². The van der Waals surface area contributed by atoms with Gasteiger partial charge in [-0.2, -0.15) is 0 Å². The van der Waals surface area contributed by atoms with Gasteiger partial charge in [0.2, 0.25) is 0 Å². The second-order valence-electron chi connectivity index (χ2n) is 4.44. The van der Waals surface area contributed by atoms with E-state index in [4.69, 9.17) is 5.11 Å². The molecular weight excluding hydrogens is 220 g/mol. The summed E-state index contributed by atoms with van der Waals surface area (Å²) < 4.78 is 0. The molecule has 0 aliphatic heterocycles. The minimum Gasteiger partial charge on any atom is -0.508 e. The van der Waals surface area contributed by atoms with Crippen LogP contribution >= 0.6 is 0 Å². The summed E-state index contributed by atoms with van der Waals surface area (Å²) in [6, 6.07) is 8.71. The number of rotatable bonds is 7. The molecule has 0 aromatic heterocycles. The van der Waals surface area contributed by atoms with Gasteiger partial charge in [-0.1, -0.05) is 69.9 Å². The highest BCUT2D eigenvalue weighted by Gasteiger charge is 1.83. The van der Waals surface area contributed by atoms with E-state index in [0.29, 0.717) is 5.75 Å². The molecule has 1 N–H and O–H groups in total. The molecule has 0 aliphatic carbocycles. The molecule has 102 valence electrons. The van der Waals surface area contributed by atoms with E-state index in [2.05, 4.69) is 26.0 Å². The highest BCUT2D eigenvalue weighted by Crippen LogP contribution is 2.03. The Morgan fingerprint density at radius 2 is 1.50 bits per heavy atom. The van der Waals surface area contributed by atoms with E-state index in [1.54, 1.807) is 24.3 Å². The molecule has 0 unspecified atom stereocenters. The normalized spacial score (nSPS) is 10.1. The minimum atomic E-state index is 0.322. The lowest BCUT2D eigenvalue weighted by Gasteiger charge is -1.93. The second-order valence-corrected chi connectivity index (χ2v) is 4.44. The van der Waals surface area contributed by atoms with Gasteiger partial charge in [0.15, 0.2) is 0 Å². The third-order valence-electron chi connectivity index (χ3n) is 2.60. The van der Waals surface area contributed by atoms with Crippen LogP contribution in [0.15, 0.2) is 42.5 Å². The van der Waals surface area contributed by atoms with Crippen molar-refractivity contribution in [1.29, 1.82) is 0 Å². The summed E-state index contributed by atoms with van der Waals surface area (Å²) >= 11 is 0. The van der Waals surface area contributed by atoms with E-state index in [1.165, 1.54) is 44.9 Å². The largest absolute Gasteiger partial charge is 0.508 e. The molecule has 0 bridgehead atoms. The van der Waals surface area contributed by atoms with Crippen molar-refractivity contribution in [3.8, 4) is 5.75 Å². The Balaban J connectivity index is 0.000000351. The molecule has 0 saturated heterocycles. The van der Waals surface area contributed by atoms with Crippen molar-refractivity contribution in [3.63, 3.8) is 0 Å². The number of hydrogen-bond acceptors (Lipinski definition) is 1. The summed E-state index contributed by atoms with van der Waals surface area (Å²) in [7, 11) is 0. The van der Waals surface area contributed by atoms with Crippen LogP contribution in [0.3, 0.4) is 0 Å². The van der Waals surface area contributed by atoms with E-state index >= 15 is 0 Å². The third kappa shape index (κ3) is 12.8. The molecule has 1 aromatic rings. The molecule has 0 spiro atoms. The van der Waals surface area contributed by atoms with Crippen LogP contribution in [0, 0.1) is 0 Å². The maximum Gasteiger partial charge on any atom is 0.115 e. The van der Waals surface area contributed by atoms with Gasteiger partial charge in [0.25, 0.3) is 0 Å². The summed E-state index contributed by atoms with van der Waals surface area (Å²) in [5.74, 6) is 0.322. The summed E-state index contributed by atoms with van der Waals surface area (Å²) in [5.41, 5.74) is 0. The number of para-hydroxylation sites is 1. The van der Waals surface area contributed by atoms with E-state index in [9.17, 15) is 0 Å². The first-order chi connectivity index (χ1) is 8.81. The maximum absolute atomic E-state index is 8.63. The summed E-state index contributed by atoms with van der Waals surface area (Å²) in [5, 5.41) is 8.63.